The van der Waals surface area contributed by atoms with Crippen molar-refractivity contribution in [2.75, 3.05) is 0 Å². The molecule has 0 unspecified atom stereocenters. The summed E-state index contributed by atoms with van der Waals surface area (Å²) in [5.41, 5.74) is 18.5. The quantitative estimate of drug-likeness (QED) is 0.0814. The molecule has 1 radical (unpaired) electrons. The van der Waals surface area contributed by atoms with Crippen LogP contribution in [0.25, 0.3) is 100 Å². The third-order valence-electron chi connectivity index (χ3n) is 12.4. The van der Waals surface area contributed by atoms with Gasteiger partial charge in [0.15, 0.2) is 0 Å². The van der Waals surface area contributed by atoms with E-state index >= 15 is 0 Å². The largest absolute Gasteiger partial charge is 0 e. The fourth-order valence-corrected chi connectivity index (χ4v) is 12.2. The summed E-state index contributed by atoms with van der Waals surface area (Å²) in [5.74, 6) is 7.96. The Morgan fingerprint density at radius 3 is 2.00 bits per heavy atom. The number of nitrogens with zero attached hydrogens (tertiary/aromatic N) is 6. The number of allylic oxidation sites excluding steroid dienone is 2. The zero-order valence-corrected chi connectivity index (χ0v) is 44.5. The molecule has 70 heavy (non-hydrogen) atoms. The first-order valence-corrected chi connectivity index (χ1v) is 30.4. The second-order valence-electron chi connectivity index (χ2n) is 18.3. The van der Waals surface area contributed by atoms with E-state index in [2.05, 4.69) is 174 Å². The Hall–Kier alpha value is -7.36. The Bertz CT molecular complexity index is 3650. The molecule has 5 aromatic carbocycles. The second kappa shape index (κ2) is 19.9. The van der Waals surface area contributed by atoms with Crippen molar-refractivity contribution in [3.8, 4) is 61.7 Å². The number of aryl methyl sites for hydroxylation is 3. The van der Waals surface area contributed by atoms with Crippen LogP contribution in [0.5, 0.6) is 0 Å². The molecular weight excluding hydrogens is 1100 g/mol. The molecule has 0 bridgehead atoms. The summed E-state index contributed by atoms with van der Waals surface area (Å²) in [5, 5.41) is 1.85. The third-order valence-corrected chi connectivity index (χ3v) is 16.6. The third kappa shape index (κ3) is 9.38. The number of imidazole rings is 1. The minimum atomic E-state index is -2.05. The first-order chi connectivity index (χ1) is 33.4. The van der Waals surface area contributed by atoms with Crippen molar-refractivity contribution in [3.63, 3.8) is 0 Å². The summed E-state index contributed by atoms with van der Waals surface area (Å²) in [4.78, 5) is 23.9. The van der Waals surface area contributed by atoms with Gasteiger partial charge in [0.1, 0.15) is 11.3 Å². The number of para-hydroxylation sites is 1. The van der Waals surface area contributed by atoms with E-state index in [0.29, 0.717) is 5.71 Å². The average Bonchev–Trinajstić information content (AvgIpc) is 3.95. The fourth-order valence-electron chi connectivity index (χ4n) is 9.09. The molecule has 6 heterocycles. The van der Waals surface area contributed by atoms with Gasteiger partial charge in [-0.25, -0.2) is 0 Å². The maximum absolute atomic E-state index is 6.17. The number of aromatic nitrogens is 6. The summed E-state index contributed by atoms with van der Waals surface area (Å²) < 4.78 is 9.83. The SMILES string of the molecule is C=CC(=C)c1ccc2c(c1)oc1n[c-]c(-c3nc4ccnc(C)c4n3-c3c(-c4ccccc4)cccc3-c3ccccc3)cc12.Cc1cc(-c2cc(-c3[c-]cccc3)nc[c]2[Ge]([CH3])([CH3])[CH3])cc(C)n1.[Ir]. The van der Waals surface area contributed by atoms with E-state index < -0.39 is 13.3 Å². The van der Waals surface area contributed by atoms with Gasteiger partial charge in [0.2, 0.25) is 0 Å². The molecule has 0 spiro atoms. The van der Waals surface area contributed by atoms with E-state index in [1.807, 2.05) is 67.7 Å². The molecule has 7 nitrogen and oxygen atoms in total. The number of fused-ring (bicyclic) bond motifs is 4. The molecule has 0 atom stereocenters. The zero-order valence-electron chi connectivity index (χ0n) is 40.0. The van der Waals surface area contributed by atoms with Gasteiger partial charge in [0.25, 0.3) is 0 Å². The van der Waals surface area contributed by atoms with Crippen LogP contribution in [0.4, 0.5) is 0 Å². The van der Waals surface area contributed by atoms with Crippen molar-refractivity contribution < 1.29 is 24.5 Å². The summed E-state index contributed by atoms with van der Waals surface area (Å²) >= 11 is -2.05. The van der Waals surface area contributed by atoms with Gasteiger partial charge in [-0.3, -0.25) is 9.97 Å². The number of benzene rings is 5. The topological polar surface area (TPSA) is 82.5 Å². The minimum Gasteiger partial charge on any atom is 0 e. The summed E-state index contributed by atoms with van der Waals surface area (Å²) in [6.07, 6.45) is 8.91. The number of rotatable bonds is 9. The van der Waals surface area contributed by atoms with Crippen LogP contribution in [0.2, 0.25) is 17.3 Å². The summed E-state index contributed by atoms with van der Waals surface area (Å²) in [7, 11) is 0. The molecule has 11 rings (SSSR count). The van der Waals surface area contributed by atoms with Gasteiger partial charge in [-0.05, 0) is 52.9 Å². The van der Waals surface area contributed by atoms with Gasteiger partial charge in [0, 0.05) is 42.8 Å². The first kappa shape index (κ1) is 47.7. The van der Waals surface area contributed by atoms with Gasteiger partial charge in [-0.2, -0.15) is 0 Å². The van der Waals surface area contributed by atoms with Gasteiger partial charge in [-0.1, -0.05) is 116 Å². The normalized spacial score (nSPS) is 11.3. The van der Waals surface area contributed by atoms with Crippen molar-refractivity contribution >= 4 is 56.3 Å². The second-order valence-corrected chi connectivity index (χ2v) is 28.9. The van der Waals surface area contributed by atoms with Gasteiger partial charge < -0.3 is 14.0 Å². The molecule has 345 valence electrons. The van der Waals surface area contributed by atoms with Gasteiger partial charge in [0.05, 0.1) is 28.2 Å². The Balaban J connectivity index is 0.000000206. The molecule has 9 heteroatoms. The van der Waals surface area contributed by atoms with Crippen LogP contribution in [-0.2, 0) is 20.1 Å². The van der Waals surface area contributed by atoms with Crippen LogP contribution in [0.3, 0.4) is 0 Å². The fraction of sp³-hybridized carbons (Fsp3) is 0.0984. The van der Waals surface area contributed by atoms with E-state index in [0.717, 1.165) is 106 Å². The molecule has 0 aliphatic heterocycles. The molecule has 6 aromatic heterocycles. The maximum atomic E-state index is 6.17. The molecule has 0 amide bonds. The smallest absolute Gasteiger partial charge is 0 e. The van der Waals surface area contributed by atoms with Crippen molar-refractivity contribution in [1.29, 1.82) is 0 Å². The Labute approximate surface area is 425 Å². The zero-order chi connectivity index (χ0) is 47.8. The van der Waals surface area contributed by atoms with E-state index in [-0.39, 0.29) is 20.1 Å². The minimum absolute atomic E-state index is 0. The Morgan fingerprint density at radius 2 is 1.36 bits per heavy atom. The predicted octanol–water partition coefficient (Wildman–Crippen LogP) is 14.8. The monoisotopic (exact) mass is 1150 g/mol. The average molecular weight is 1150 g/mol. The molecular formula is C61H50GeIrN6O-2. The van der Waals surface area contributed by atoms with Crippen LogP contribution in [0.15, 0.2) is 188 Å². The first-order valence-electron chi connectivity index (χ1n) is 23.0. The summed E-state index contributed by atoms with van der Waals surface area (Å²) in [6.45, 7) is 14.1. The molecule has 0 aliphatic carbocycles. The number of furan rings is 1. The van der Waals surface area contributed by atoms with Crippen LogP contribution >= 0.6 is 0 Å². The number of pyridine rings is 4. The van der Waals surface area contributed by atoms with E-state index in [1.165, 1.54) is 15.5 Å². The van der Waals surface area contributed by atoms with Crippen LogP contribution in [0.1, 0.15) is 22.6 Å². The molecule has 0 saturated carbocycles. The van der Waals surface area contributed by atoms with Crippen LogP contribution < -0.4 is 4.40 Å². The molecule has 0 saturated heterocycles. The van der Waals surface area contributed by atoms with Gasteiger partial charge >= 0.3 is 147 Å². The standard InChI is InChI=1S/C40H27N4O.C21H23GeN2.Ir/c1-4-25(2)29-18-19-33-34-22-30(24-42-40(34)45-36(33)23-29)39-43-35-20-21-41-26(3)37(35)44(39)38-31(27-12-7-5-8-13-27)16-11-17-32(38)28-14-9-6-10-15-28;1-15-11-18(12-16(2)24-15)19-13-21(17-9-7-6-8-10-17)23-14-20(19)22(3,4)5;/h4-23H,1-2H2,3H3;6-9,11-14H,1-5H3;/q2*-1;. The van der Waals surface area contributed by atoms with E-state index in [1.54, 1.807) is 6.08 Å². The van der Waals surface area contributed by atoms with E-state index in [4.69, 9.17) is 19.4 Å². The Kier molecular flexibility index (Phi) is 13.6. The molecule has 0 aliphatic rings. The van der Waals surface area contributed by atoms with Crippen LogP contribution in [0, 0.1) is 33.0 Å². The van der Waals surface area contributed by atoms with Crippen molar-refractivity contribution in [2.24, 2.45) is 0 Å². The number of hydrogen-bond acceptors (Lipinski definition) is 6. The summed E-state index contributed by atoms with van der Waals surface area (Å²) in [6, 6.07) is 55.4. The van der Waals surface area contributed by atoms with Gasteiger partial charge in [-0.15, -0.1) is 6.07 Å². The van der Waals surface area contributed by atoms with Crippen LogP contribution in [-0.4, -0.2) is 42.8 Å². The predicted molar refractivity (Wildman–Crippen MR) is 287 cm³/mol. The Morgan fingerprint density at radius 1 is 0.671 bits per heavy atom. The number of hydrogen-bond donors (Lipinski definition) is 0. The molecule has 11 aromatic rings. The van der Waals surface area contributed by atoms with Crippen molar-refractivity contribution in [3.05, 3.63) is 218 Å². The molecule has 0 fully saturated rings. The maximum Gasteiger partial charge on any atom is 0 e. The molecule has 0 N–H and O–H groups in total. The van der Waals surface area contributed by atoms with E-state index in [9.17, 15) is 0 Å². The van der Waals surface area contributed by atoms with Crippen molar-refractivity contribution in [1.82, 2.24) is 29.5 Å². The van der Waals surface area contributed by atoms with Crippen molar-refractivity contribution in [2.45, 2.75) is 38.0 Å².